The summed E-state index contributed by atoms with van der Waals surface area (Å²) in [6.45, 7) is 10.3. The molecule has 6 rings (SSSR count). The third kappa shape index (κ3) is 6.00. The summed E-state index contributed by atoms with van der Waals surface area (Å²) in [5.74, 6) is 2.87. The van der Waals surface area contributed by atoms with Gasteiger partial charge in [0.15, 0.2) is 25.7 Å². The molecule has 3 heterocycles. The third-order valence-corrected chi connectivity index (χ3v) is 14.5. The number of aromatic nitrogens is 4. The lowest BCUT2D eigenvalue weighted by Crippen LogP contribution is -2.46. The van der Waals surface area contributed by atoms with Crippen molar-refractivity contribution in [3.63, 3.8) is 0 Å². The van der Waals surface area contributed by atoms with E-state index in [4.69, 9.17) is 25.3 Å². The third-order valence-electron chi connectivity index (χ3n) is 10.0. The highest BCUT2D eigenvalue weighted by Crippen LogP contribution is 2.44. The Morgan fingerprint density at radius 3 is 2.16 bits per heavy atom. The molecule has 12 heteroatoms. The minimum absolute atomic E-state index is 0.0152. The van der Waals surface area contributed by atoms with Crippen LogP contribution in [-0.4, -0.2) is 64.5 Å². The number of aromatic amines is 1. The Morgan fingerprint density at radius 1 is 1.04 bits per heavy atom. The number of nitrogens with zero attached hydrogens (tertiary/aromatic N) is 3. The molecule has 0 saturated carbocycles. The molecule has 260 valence electrons. The number of hydrogen-bond acceptors (Lipinski definition) is 8. The molecule has 0 aliphatic carbocycles. The van der Waals surface area contributed by atoms with E-state index in [1.807, 2.05) is 84.9 Å². The van der Waals surface area contributed by atoms with Crippen LogP contribution in [0.25, 0.3) is 11.2 Å². The Morgan fingerprint density at radius 2 is 1.62 bits per heavy atom. The summed E-state index contributed by atoms with van der Waals surface area (Å²) in [5, 5.41) is 14.6. The number of anilines is 1. The van der Waals surface area contributed by atoms with Gasteiger partial charge in [0.2, 0.25) is 11.6 Å². The average molecular weight is 696 g/mol. The van der Waals surface area contributed by atoms with Crippen LogP contribution in [0.1, 0.15) is 43.7 Å². The number of halogens is 1. The van der Waals surface area contributed by atoms with Crippen LogP contribution in [-0.2, 0) is 14.7 Å². The predicted octanol–water partition coefficient (Wildman–Crippen LogP) is 6.15. The topological polar surface area (TPSA) is 124 Å². The second-order valence-electron chi connectivity index (χ2n) is 14.0. The normalized spacial score (nSPS) is 21.2. The van der Waals surface area contributed by atoms with Gasteiger partial charge in [0, 0.05) is 0 Å². The van der Waals surface area contributed by atoms with Gasteiger partial charge in [-0.2, -0.15) is 4.98 Å². The molecular formula is C38H42FN5O5Si. The van der Waals surface area contributed by atoms with Gasteiger partial charge in [0.1, 0.15) is 23.5 Å². The van der Waals surface area contributed by atoms with Gasteiger partial charge < -0.3 is 24.3 Å². The van der Waals surface area contributed by atoms with Crippen LogP contribution in [0.2, 0.25) is 18.1 Å². The molecule has 0 bridgehead atoms. The van der Waals surface area contributed by atoms with Gasteiger partial charge in [-0.1, -0.05) is 99.5 Å². The minimum Gasteiger partial charge on any atom is -0.497 e. The van der Waals surface area contributed by atoms with Crippen LogP contribution in [0.4, 0.5) is 10.3 Å². The number of terminal acetylenes is 1. The molecule has 0 unspecified atom stereocenters. The van der Waals surface area contributed by atoms with E-state index < -0.39 is 43.5 Å². The fraction of sp³-hybridized carbons (Fsp3) is 0.342. The highest BCUT2D eigenvalue weighted by Gasteiger charge is 2.58. The number of hydrogen-bond donors (Lipinski definition) is 3. The molecule has 0 radical (unpaired) electrons. The molecule has 1 fully saturated rings. The first-order chi connectivity index (χ1) is 23.7. The standard InChI is InChI=1S/C38H42FN5O5Si/c1-8-37(39)31(45)29(23-48-50(6,7)36(2,3)4)49-34(37)44-24-40-30-32(44)41-35(42-33(30)46)43-38(25-15-11-9-12-16-25,26-17-13-10-14-18-26)27-19-21-28(47-5)22-20-27/h1,9-22,24,29,31,34,45H,23H2,2-7H3,(H2,41,42,43,46)/t29-,31-,34+,37-/m1/s1. The summed E-state index contributed by atoms with van der Waals surface area (Å²) in [6.07, 6.45) is 2.65. The molecule has 10 nitrogen and oxygen atoms in total. The quantitative estimate of drug-likeness (QED) is 0.0903. The van der Waals surface area contributed by atoms with Gasteiger partial charge in [-0.15, -0.1) is 6.42 Å². The average Bonchev–Trinajstić information content (AvgIpc) is 3.64. The van der Waals surface area contributed by atoms with Gasteiger partial charge >= 0.3 is 0 Å². The van der Waals surface area contributed by atoms with Crippen LogP contribution < -0.4 is 15.6 Å². The molecular weight excluding hydrogens is 654 g/mol. The Balaban J connectivity index is 1.46. The van der Waals surface area contributed by atoms with Crippen molar-refractivity contribution in [2.24, 2.45) is 0 Å². The lowest BCUT2D eigenvalue weighted by atomic mass is 9.77. The van der Waals surface area contributed by atoms with E-state index in [0.717, 1.165) is 16.7 Å². The smallest absolute Gasteiger partial charge is 0.280 e. The summed E-state index contributed by atoms with van der Waals surface area (Å²) in [4.78, 5) is 25.5. The molecule has 3 N–H and O–H groups in total. The van der Waals surface area contributed by atoms with Gasteiger partial charge in [-0.3, -0.25) is 14.3 Å². The number of rotatable bonds is 10. The van der Waals surface area contributed by atoms with Crippen LogP contribution >= 0.6 is 0 Å². The van der Waals surface area contributed by atoms with E-state index in [1.165, 1.54) is 10.9 Å². The highest BCUT2D eigenvalue weighted by molar-refractivity contribution is 6.74. The van der Waals surface area contributed by atoms with E-state index in [0.29, 0.717) is 5.75 Å². The number of aliphatic hydroxyl groups excluding tert-OH is 1. The number of ether oxygens (including phenoxy) is 2. The zero-order chi connectivity index (χ0) is 35.9. The van der Waals surface area contributed by atoms with Crippen LogP contribution in [0.5, 0.6) is 5.75 Å². The van der Waals surface area contributed by atoms with Crippen molar-refractivity contribution < 1.29 is 23.4 Å². The molecule has 0 spiro atoms. The Labute approximate surface area is 291 Å². The van der Waals surface area contributed by atoms with E-state index in [-0.39, 0.29) is 28.8 Å². The lowest BCUT2D eigenvalue weighted by molar-refractivity contribution is -0.0483. The van der Waals surface area contributed by atoms with Crippen molar-refractivity contribution in [3.05, 3.63) is 118 Å². The van der Waals surface area contributed by atoms with Crippen LogP contribution in [0, 0.1) is 12.3 Å². The summed E-state index contributed by atoms with van der Waals surface area (Å²) >= 11 is 0. The molecule has 3 aromatic carbocycles. The maximum Gasteiger partial charge on any atom is 0.280 e. The van der Waals surface area contributed by atoms with E-state index in [2.05, 4.69) is 55.1 Å². The number of fused-ring (bicyclic) bond motifs is 1. The van der Waals surface area contributed by atoms with Crippen molar-refractivity contribution in [1.82, 2.24) is 19.5 Å². The second kappa shape index (κ2) is 13.1. The van der Waals surface area contributed by atoms with E-state index >= 15 is 4.39 Å². The van der Waals surface area contributed by atoms with Gasteiger partial charge in [-0.05, 0) is 47.0 Å². The zero-order valence-corrected chi connectivity index (χ0v) is 30.0. The van der Waals surface area contributed by atoms with Crippen molar-refractivity contribution in [2.45, 2.75) is 68.5 Å². The summed E-state index contributed by atoms with van der Waals surface area (Å²) < 4.78 is 35.8. The Hall–Kier alpha value is -4.80. The molecule has 1 saturated heterocycles. The zero-order valence-electron chi connectivity index (χ0n) is 29.0. The fourth-order valence-corrected chi connectivity index (χ4v) is 7.10. The Bertz CT molecular complexity index is 2020. The number of H-pyrrole nitrogens is 1. The number of methoxy groups -OCH3 is 1. The maximum atomic E-state index is 16.6. The number of aliphatic hydroxyl groups is 1. The molecule has 1 aliphatic rings. The lowest BCUT2D eigenvalue weighted by Gasteiger charge is -2.37. The van der Waals surface area contributed by atoms with Gasteiger partial charge in [0.25, 0.3) is 5.56 Å². The summed E-state index contributed by atoms with van der Waals surface area (Å²) in [7, 11) is -0.673. The minimum atomic E-state index is -2.67. The number of alkyl halides is 1. The van der Waals surface area contributed by atoms with Crippen molar-refractivity contribution >= 4 is 25.4 Å². The fourth-order valence-electron chi connectivity index (χ4n) is 6.09. The van der Waals surface area contributed by atoms with Crippen molar-refractivity contribution in [1.29, 1.82) is 0 Å². The van der Waals surface area contributed by atoms with Crippen molar-refractivity contribution in [2.75, 3.05) is 19.0 Å². The molecule has 1 aliphatic heterocycles. The van der Waals surface area contributed by atoms with Gasteiger partial charge in [0.05, 0.1) is 20.0 Å². The predicted molar refractivity (Wildman–Crippen MR) is 193 cm³/mol. The Kier molecular flexibility index (Phi) is 9.21. The molecule has 5 aromatic rings. The van der Waals surface area contributed by atoms with E-state index in [9.17, 15) is 9.90 Å². The molecule has 0 amide bonds. The molecule has 50 heavy (non-hydrogen) atoms. The number of benzene rings is 3. The maximum absolute atomic E-state index is 16.6. The first-order valence-electron chi connectivity index (χ1n) is 16.4. The van der Waals surface area contributed by atoms with Crippen molar-refractivity contribution in [3.8, 4) is 18.1 Å². The monoisotopic (exact) mass is 695 g/mol. The first kappa shape index (κ1) is 35.0. The number of imidazole rings is 1. The number of nitrogens with one attached hydrogen (secondary N) is 2. The highest BCUT2D eigenvalue weighted by atomic mass is 28.4. The van der Waals surface area contributed by atoms with Crippen LogP contribution in [0.3, 0.4) is 0 Å². The van der Waals surface area contributed by atoms with Gasteiger partial charge in [-0.25, -0.2) is 9.37 Å². The largest absolute Gasteiger partial charge is 0.497 e. The van der Waals surface area contributed by atoms with E-state index in [1.54, 1.807) is 7.11 Å². The van der Waals surface area contributed by atoms with Crippen LogP contribution in [0.15, 0.2) is 96.1 Å². The summed E-state index contributed by atoms with van der Waals surface area (Å²) in [5.41, 5.74) is -1.81. The SMILES string of the molecule is C#C[C@@]1(F)[C@H](O)[C@@H](CO[Si](C)(C)C(C)(C)C)O[C@@H]1n1cnc2c(=O)[nH]c(NC(c3ccccc3)(c3ccccc3)c3ccc(OC)cc3)nc21. The second-order valence-corrected chi connectivity index (χ2v) is 18.8. The first-order valence-corrected chi connectivity index (χ1v) is 19.3. The summed E-state index contributed by atoms with van der Waals surface area (Å²) in [6, 6.07) is 27.1. The molecule has 4 atom stereocenters. The molecule has 2 aromatic heterocycles.